The molecule has 1 aromatic carbocycles. The Bertz CT molecular complexity index is 504. The first-order valence-electron chi connectivity index (χ1n) is 8.53. The van der Waals surface area contributed by atoms with Crippen LogP contribution >= 0.6 is 0 Å². The molecule has 0 radical (unpaired) electrons. The lowest BCUT2D eigenvalue weighted by Crippen LogP contribution is -2.12. The van der Waals surface area contributed by atoms with Crippen LogP contribution < -0.4 is 0 Å². The fourth-order valence-corrected chi connectivity index (χ4v) is 3.85. The fraction of sp³-hybridized carbons (Fsp3) is 0.650. The summed E-state index contributed by atoms with van der Waals surface area (Å²) in [6.45, 7) is 10.7. The van der Waals surface area contributed by atoms with Crippen molar-refractivity contribution in [3.63, 3.8) is 0 Å². The maximum absolute atomic E-state index is 12.7. The lowest BCUT2D eigenvalue weighted by atomic mass is 9.83. The molecule has 1 aliphatic rings. The lowest BCUT2D eigenvalue weighted by Gasteiger charge is -2.22. The van der Waals surface area contributed by atoms with Crippen LogP contribution in [0.1, 0.15) is 83.1 Å². The van der Waals surface area contributed by atoms with E-state index in [2.05, 4.69) is 34.6 Å². The van der Waals surface area contributed by atoms with Gasteiger partial charge in [-0.3, -0.25) is 4.79 Å². The first kappa shape index (κ1) is 16.3. The van der Waals surface area contributed by atoms with Gasteiger partial charge in [0.1, 0.15) is 0 Å². The maximum atomic E-state index is 12.7. The molecule has 116 valence electrons. The van der Waals surface area contributed by atoms with Crippen molar-refractivity contribution in [2.75, 3.05) is 0 Å². The SMILES string of the molecule is Cc1c(C)c(C)c(C(=O)CCC2CCCCC2)c(C)c1C. The number of carbonyl (C=O) groups is 1. The van der Waals surface area contributed by atoms with Gasteiger partial charge in [-0.2, -0.15) is 0 Å². The molecule has 0 bridgehead atoms. The van der Waals surface area contributed by atoms with E-state index in [-0.39, 0.29) is 0 Å². The Hall–Kier alpha value is -1.11. The van der Waals surface area contributed by atoms with E-state index in [4.69, 9.17) is 0 Å². The Labute approximate surface area is 130 Å². The fourth-order valence-electron chi connectivity index (χ4n) is 3.85. The van der Waals surface area contributed by atoms with Crippen LogP contribution in [0.2, 0.25) is 0 Å². The number of rotatable bonds is 4. The summed E-state index contributed by atoms with van der Waals surface area (Å²) in [7, 11) is 0. The topological polar surface area (TPSA) is 17.1 Å². The summed E-state index contributed by atoms with van der Waals surface area (Å²) in [6, 6.07) is 0. The molecule has 1 fully saturated rings. The second kappa shape index (κ2) is 6.77. The zero-order chi connectivity index (χ0) is 15.6. The van der Waals surface area contributed by atoms with Crippen molar-refractivity contribution >= 4 is 5.78 Å². The van der Waals surface area contributed by atoms with Crippen molar-refractivity contribution in [1.29, 1.82) is 0 Å². The highest BCUT2D eigenvalue weighted by Gasteiger charge is 2.20. The summed E-state index contributed by atoms with van der Waals surface area (Å²) in [5.41, 5.74) is 7.33. The van der Waals surface area contributed by atoms with Gasteiger partial charge in [0, 0.05) is 12.0 Å². The smallest absolute Gasteiger partial charge is 0.163 e. The highest BCUT2D eigenvalue weighted by Crippen LogP contribution is 2.30. The molecule has 0 saturated heterocycles. The Kier molecular flexibility index (Phi) is 5.24. The lowest BCUT2D eigenvalue weighted by molar-refractivity contribution is 0.0968. The van der Waals surface area contributed by atoms with Crippen LogP contribution in [0, 0.1) is 40.5 Å². The summed E-state index contributed by atoms with van der Waals surface area (Å²) in [5.74, 6) is 1.15. The summed E-state index contributed by atoms with van der Waals surface area (Å²) < 4.78 is 0. The molecule has 0 unspecified atom stereocenters. The van der Waals surface area contributed by atoms with Crippen molar-refractivity contribution in [3.05, 3.63) is 33.4 Å². The Morgan fingerprint density at radius 2 is 1.29 bits per heavy atom. The highest BCUT2D eigenvalue weighted by molar-refractivity contribution is 5.99. The zero-order valence-corrected chi connectivity index (χ0v) is 14.4. The van der Waals surface area contributed by atoms with E-state index in [1.165, 1.54) is 59.9 Å². The molecule has 0 amide bonds. The molecule has 0 spiro atoms. The first-order chi connectivity index (χ1) is 9.93. The van der Waals surface area contributed by atoms with Gasteiger partial charge in [-0.15, -0.1) is 0 Å². The first-order valence-corrected chi connectivity index (χ1v) is 8.53. The molecule has 21 heavy (non-hydrogen) atoms. The van der Waals surface area contributed by atoms with Crippen molar-refractivity contribution in [2.45, 2.75) is 79.6 Å². The standard InChI is InChI=1S/C20H30O/c1-13-14(2)16(4)20(17(5)15(13)3)19(21)12-11-18-9-7-6-8-10-18/h18H,6-12H2,1-5H3. The number of benzene rings is 1. The van der Waals surface area contributed by atoms with Crippen LogP contribution in [0.3, 0.4) is 0 Å². The summed E-state index contributed by atoms with van der Waals surface area (Å²) in [5, 5.41) is 0. The number of carbonyl (C=O) groups excluding carboxylic acids is 1. The molecule has 0 aromatic heterocycles. The van der Waals surface area contributed by atoms with E-state index in [1.54, 1.807) is 0 Å². The van der Waals surface area contributed by atoms with Gasteiger partial charge in [0.25, 0.3) is 0 Å². The van der Waals surface area contributed by atoms with Gasteiger partial charge in [-0.1, -0.05) is 32.1 Å². The molecule has 1 nitrogen and oxygen atoms in total. The third kappa shape index (κ3) is 3.39. The van der Waals surface area contributed by atoms with Crippen LogP contribution in [0.25, 0.3) is 0 Å². The van der Waals surface area contributed by atoms with Gasteiger partial charge in [0.05, 0.1) is 0 Å². The van der Waals surface area contributed by atoms with Crippen LogP contribution in [-0.4, -0.2) is 5.78 Å². The molecule has 1 heteroatoms. The van der Waals surface area contributed by atoms with Crippen LogP contribution in [0.5, 0.6) is 0 Å². The average Bonchev–Trinajstić information content (AvgIpc) is 2.50. The third-order valence-electron chi connectivity index (χ3n) is 5.78. The molecule has 1 aliphatic carbocycles. The molecule has 0 aliphatic heterocycles. The maximum Gasteiger partial charge on any atom is 0.163 e. The Balaban J connectivity index is 2.15. The molecule has 0 N–H and O–H groups in total. The second-order valence-electron chi connectivity index (χ2n) is 6.97. The quantitative estimate of drug-likeness (QED) is 0.642. The number of hydrogen-bond donors (Lipinski definition) is 0. The molecule has 0 atom stereocenters. The molecular weight excluding hydrogens is 256 g/mol. The molecule has 0 heterocycles. The van der Waals surface area contributed by atoms with Crippen molar-refractivity contribution in [2.24, 2.45) is 5.92 Å². The normalized spacial score (nSPS) is 16.2. The number of ketones is 1. The summed E-state index contributed by atoms with van der Waals surface area (Å²) in [6.07, 6.45) is 8.59. The van der Waals surface area contributed by atoms with E-state index in [0.717, 1.165) is 24.3 Å². The van der Waals surface area contributed by atoms with E-state index in [9.17, 15) is 4.79 Å². The van der Waals surface area contributed by atoms with E-state index in [1.807, 2.05) is 0 Å². The monoisotopic (exact) mass is 286 g/mol. The van der Waals surface area contributed by atoms with E-state index >= 15 is 0 Å². The molecule has 1 aromatic rings. The van der Waals surface area contributed by atoms with Crippen molar-refractivity contribution in [3.8, 4) is 0 Å². The zero-order valence-electron chi connectivity index (χ0n) is 14.4. The predicted molar refractivity (Wildman–Crippen MR) is 90.3 cm³/mol. The van der Waals surface area contributed by atoms with Crippen LogP contribution in [0.15, 0.2) is 0 Å². The summed E-state index contributed by atoms with van der Waals surface area (Å²) >= 11 is 0. The molecule has 2 rings (SSSR count). The molecular formula is C20H30O. The van der Waals surface area contributed by atoms with Crippen LogP contribution in [-0.2, 0) is 0 Å². The van der Waals surface area contributed by atoms with Gasteiger partial charge in [-0.25, -0.2) is 0 Å². The largest absolute Gasteiger partial charge is 0.294 e. The minimum Gasteiger partial charge on any atom is -0.294 e. The Morgan fingerprint density at radius 3 is 1.81 bits per heavy atom. The van der Waals surface area contributed by atoms with Crippen molar-refractivity contribution in [1.82, 2.24) is 0 Å². The average molecular weight is 286 g/mol. The minimum atomic E-state index is 0.363. The van der Waals surface area contributed by atoms with Gasteiger partial charge >= 0.3 is 0 Å². The summed E-state index contributed by atoms with van der Waals surface area (Å²) in [4.78, 5) is 12.7. The van der Waals surface area contributed by atoms with Crippen molar-refractivity contribution < 1.29 is 4.79 Å². The number of hydrogen-bond acceptors (Lipinski definition) is 1. The Morgan fingerprint density at radius 1 is 0.810 bits per heavy atom. The highest BCUT2D eigenvalue weighted by atomic mass is 16.1. The molecule has 1 saturated carbocycles. The third-order valence-corrected chi connectivity index (χ3v) is 5.78. The van der Waals surface area contributed by atoms with E-state index < -0.39 is 0 Å². The van der Waals surface area contributed by atoms with Crippen LogP contribution in [0.4, 0.5) is 0 Å². The number of Topliss-reactive ketones (excluding diaryl/α,β-unsaturated/α-hetero) is 1. The van der Waals surface area contributed by atoms with Gasteiger partial charge in [-0.05, 0) is 74.8 Å². The minimum absolute atomic E-state index is 0.363. The van der Waals surface area contributed by atoms with E-state index in [0.29, 0.717) is 5.78 Å². The van der Waals surface area contributed by atoms with Gasteiger partial charge < -0.3 is 0 Å². The predicted octanol–water partition coefficient (Wildman–Crippen LogP) is 5.77. The van der Waals surface area contributed by atoms with Gasteiger partial charge in [0.15, 0.2) is 5.78 Å². The second-order valence-corrected chi connectivity index (χ2v) is 6.97. The van der Waals surface area contributed by atoms with Gasteiger partial charge in [0.2, 0.25) is 0 Å².